The molecular weight excluding hydrogens is 170 g/mol. The van der Waals surface area contributed by atoms with Crippen LogP contribution in [-0.2, 0) is 9.59 Å². The molecular formula is C8H17N3O2. The van der Waals surface area contributed by atoms with Crippen molar-refractivity contribution in [2.45, 2.75) is 25.9 Å². The molecule has 0 aromatic rings. The lowest BCUT2D eigenvalue weighted by Crippen LogP contribution is -2.49. The third kappa shape index (κ3) is 3.89. The molecule has 0 saturated heterocycles. The molecule has 0 bridgehead atoms. The standard InChI is InChI=1S/C8H17N3O2/c1-5(9)7(12)10-6(2)8(13)11(3)4/h5-6H,9H2,1-4H3,(H,10,12)/t5-,6?/m0/s1. The van der Waals surface area contributed by atoms with Crippen LogP contribution in [0.2, 0.25) is 0 Å². The van der Waals surface area contributed by atoms with Crippen molar-refractivity contribution in [2.75, 3.05) is 14.1 Å². The van der Waals surface area contributed by atoms with Gasteiger partial charge in [0.05, 0.1) is 6.04 Å². The molecule has 0 heterocycles. The highest BCUT2D eigenvalue weighted by atomic mass is 16.2. The van der Waals surface area contributed by atoms with Crippen LogP contribution in [0.3, 0.4) is 0 Å². The van der Waals surface area contributed by atoms with Crippen molar-refractivity contribution < 1.29 is 9.59 Å². The maximum absolute atomic E-state index is 11.3. The van der Waals surface area contributed by atoms with Crippen molar-refractivity contribution in [2.24, 2.45) is 5.73 Å². The van der Waals surface area contributed by atoms with Crippen LogP contribution in [0.25, 0.3) is 0 Å². The fourth-order valence-electron chi connectivity index (χ4n) is 0.794. The van der Waals surface area contributed by atoms with Gasteiger partial charge < -0.3 is 16.0 Å². The molecule has 0 rings (SSSR count). The Morgan fingerprint density at radius 1 is 1.31 bits per heavy atom. The Morgan fingerprint density at radius 2 is 1.77 bits per heavy atom. The molecule has 5 heteroatoms. The Bertz CT molecular complexity index is 202. The predicted molar refractivity (Wildman–Crippen MR) is 49.9 cm³/mol. The number of nitrogens with zero attached hydrogens (tertiary/aromatic N) is 1. The first kappa shape index (κ1) is 11.9. The van der Waals surface area contributed by atoms with Crippen LogP contribution in [-0.4, -0.2) is 42.9 Å². The summed E-state index contributed by atoms with van der Waals surface area (Å²) in [6.45, 7) is 3.20. The smallest absolute Gasteiger partial charge is 0.244 e. The summed E-state index contributed by atoms with van der Waals surface area (Å²) < 4.78 is 0. The van der Waals surface area contributed by atoms with E-state index in [2.05, 4.69) is 5.32 Å². The summed E-state index contributed by atoms with van der Waals surface area (Å²) in [5.41, 5.74) is 5.32. The molecule has 5 nitrogen and oxygen atoms in total. The van der Waals surface area contributed by atoms with E-state index in [1.54, 1.807) is 27.9 Å². The third-order valence-electron chi connectivity index (χ3n) is 1.58. The van der Waals surface area contributed by atoms with E-state index in [4.69, 9.17) is 5.73 Å². The SMILES string of the molecule is CC(NC(=O)[C@H](C)N)C(=O)N(C)C. The number of carbonyl (C=O) groups is 2. The van der Waals surface area contributed by atoms with Gasteiger partial charge in [-0.15, -0.1) is 0 Å². The van der Waals surface area contributed by atoms with Crippen LogP contribution >= 0.6 is 0 Å². The second-order valence-corrected chi connectivity index (χ2v) is 3.25. The van der Waals surface area contributed by atoms with E-state index in [1.807, 2.05) is 0 Å². The Hall–Kier alpha value is -1.10. The number of rotatable bonds is 3. The molecule has 3 N–H and O–H groups in total. The molecule has 0 spiro atoms. The Morgan fingerprint density at radius 3 is 2.08 bits per heavy atom. The van der Waals surface area contributed by atoms with Crippen molar-refractivity contribution in [3.63, 3.8) is 0 Å². The summed E-state index contributed by atoms with van der Waals surface area (Å²) >= 11 is 0. The summed E-state index contributed by atoms with van der Waals surface area (Å²) in [6, 6.07) is -1.11. The minimum atomic E-state index is -0.586. The zero-order valence-corrected chi connectivity index (χ0v) is 8.50. The molecule has 0 aliphatic carbocycles. The van der Waals surface area contributed by atoms with Crippen LogP contribution in [0, 0.1) is 0 Å². The maximum Gasteiger partial charge on any atom is 0.244 e. The van der Waals surface area contributed by atoms with Gasteiger partial charge in [-0.1, -0.05) is 0 Å². The van der Waals surface area contributed by atoms with E-state index in [9.17, 15) is 9.59 Å². The second-order valence-electron chi connectivity index (χ2n) is 3.25. The van der Waals surface area contributed by atoms with Crippen molar-refractivity contribution >= 4 is 11.8 Å². The molecule has 2 atom stereocenters. The fourth-order valence-corrected chi connectivity index (χ4v) is 0.794. The van der Waals surface area contributed by atoms with Crippen molar-refractivity contribution in [1.29, 1.82) is 0 Å². The first-order valence-corrected chi connectivity index (χ1v) is 4.13. The Balaban J connectivity index is 4.08. The van der Waals surface area contributed by atoms with Crippen LogP contribution < -0.4 is 11.1 Å². The van der Waals surface area contributed by atoms with Crippen molar-refractivity contribution in [3.05, 3.63) is 0 Å². The topological polar surface area (TPSA) is 75.4 Å². The average Bonchev–Trinajstić information content (AvgIpc) is 2.02. The summed E-state index contributed by atoms with van der Waals surface area (Å²) in [4.78, 5) is 23.8. The third-order valence-corrected chi connectivity index (χ3v) is 1.58. The molecule has 0 saturated carbocycles. The number of nitrogens with two attached hydrogens (primary N) is 1. The minimum Gasteiger partial charge on any atom is -0.347 e. The Labute approximate surface area is 78.3 Å². The largest absolute Gasteiger partial charge is 0.347 e. The monoisotopic (exact) mass is 187 g/mol. The van der Waals surface area contributed by atoms with Gasteiger partial charge in [-0.3, -0.25) is 9.59 Å². The van der Waals surface area contributed by atoms with Crippen molar-refractivity contribution in [1.82, 2.24) is 10.2 Å². The van der Waals surface area contributed by atoms with Gasteiger partial charge >= 0.3 is 0 Å². The van der Waals surface area contributed by atoms with Gasteiger partial charge in [0.25, 0.3) is 0 Å². The summed E-state index contributed by atoms with van der Waals surface area (Å²) in [7, 11) is 3.27. The van der Waals surface area contributed by atoms with Crippen LogP contribution in [0.5, 0.6) is 0 Å². The fraction of sp³-hybridized carbons (Fsp3) is 0.750. The first-order chi connectivity index (χ1) is 5.86. The molecule has 0 radical (unpaired) electrons. The highest BCUT2D eigenvalue weighted by Crippen LogP contribution is 1.89. The van der Waals surface area contributed by atoms with Crippen LogP contribution in [0.15, 0.2) is 0 Å². The molecule has 0 aliphatic rings. The maximum atomic E-state index is 11.3. The number of hydrogen-bond acceptors (Lipinski definition) is 3. The van der Waals surface area contributed by atoms with Gasteiger partial charge in [0.15, 0.2) is 0 Å². The predicted octanol–water partition coefficient (Wildman–Crippen LogP) is -1.07. The van der Waals surface area contributed by atoms with Crippen molar-refractivity contribution in [3.8, 4) is 0 Å². The Kier molecular flexibility index (Phi) is 4.40. The zero-order chi connectivity index (χ0) is 10.6. The lowest BCUT2D eigenvalue weighted by atomic mass is 10.2. The number of nitrogens with one attached hydrogen (secondary N) is 1. The lowest BCUT2D eigenvalue weighted by Gasteiger charge is -2.18. The van der Waals surface area contributed by atoms with Gasteiger partial charge in [-0.2, -0.15) is 0 Å². The summed E-state index contributed by atoms with van der Waals surface area (Å²) in [5, 5.41) is 2.51. The number of likely N-dealkylation sites (N-methyl/N-ethyl adjacent to an activating group) is 1. The highest BCUT2D eigenvalue weighted by Gasteiger charge is 2.18. The number of carbonyl (C=O) groups excluding carboxylic acids is 2. The van der Waals surface area contributed by atoms with Crippen LogP contribution in [0.4, 0.5) is 0 Å². The van der Waals surface area contributed by atoms with Gasteiger partial charge in [0.2, 0.25) is 11.8 Å². The van der Waals surface area contributed by atoms with E-state index < -0.39 is 12.1 Å². The van der Waals surface area contributed by atoms with Gasteiger partial charge in [-0.25, -0.2) is 0 Å². The van der Waals surface area contributed by atoms with Crippen LogP contribution in [0.1, 0.15) is 13.8 Å². The molecule has 76 valence electrons. The number of hydrogen-bond donors (Lipinski definition) is 2. The molecule has 13 heavy (non-hydrogen) atoms. The molecule has 0 aromatic heterocycles. The van der Waals surface area contributed by atoms with E-state index >= 15 is 0 Å². The van der Waals surface area contributed by atoms with E-state index in [1.165, 1.54) is 4.90 Å². The molecule has 0 aromatic carbocycles. The van der Waals surface area contributed by atoms with Gasteiger partial charge in [0.1, 0.15) is 6.04 Å². The first-order valence-electron chi connectivity index (χ1n) is 4.13. The zero-order valence-electron chi connectivity index (χ0n) is 8.50. The van der Waals surface area contributed by atoms with Gasteiger partial charge in [0, 0.05) is 14.1 Å². The lowest BCUT2D eigenvalue weighted by molar-refractivity contribution is -0.134. The molecule has 1 unspecified atom stereocenters. The number of amides is 2. The summed E-state index contributed by atoms with van der Waals surface area (Å²) in [6.07, 6.45) is 0. The minimum absolute atomic E-state index is 0.144. The summed E-state index contributed by atoms with van der Waals surface area (Å²) in [5.74, 6) is -0.461. The van der Waals surface area contributed by atoms with Gasteiger partial charge in [-0.05, 0) is 13.8 Å². The van der Waals surface area contributed by atoms with E-state index in [0.29, 0.717) is 0 Å². The molecule has 2 amide bonds. The molecule has 0 aliphatic heterocycles. The quantitative estimate of drug-likeness (QED) is 0.590. The van der Waals surface area contributed by atoms with E-state index in [-0.39, 0.29) is 11.8 Å². The van der Waals surface area contributed by atoms with E-state index in [0.717, 1.165) is 0 Å². The average molecular weight is 187 g/mol. The molecule has 0 fully saturated rings. The normalized spacial score (nSPS) is 14.5. The highest BCUT2D eigenvalue weighted by molar-refractivity contribution is 5.88. The second kappa shape index (κ2) is 4.81.